The van der Waals surface area contributed by atoms with E-state index in [1.807, 2.05) is 25.1 Å². The molecule has 0 atom stereocenters. The van der Waals surface area contributed by atoms with Gasteiger partial charge in [-0.2, -0.15) is 0 Å². The lowest BCUT2D eigenvalue weighted by atomic mass is 10.0. The van der Waals surface area contributed by atoms with Crippen LogP contribution in [0.25, 0.3) is 10.8 Å². The first-order valence-electron chi connectivity index (χ1n) is 11.5. The Morgan fingerprint density at radius 2 is 1.85 bits per heavy atom. The van der Waals surface area contributed by atoms with Gasteiger partial charge in [0.05, 0.1) is 16.9 Å². The van der Waals surface area contributed by atoms with E-state index < -0.39 is 0 Å². The number of rotatable bonds is 7. The molecule has 0 bridgehead atoms. The number of carbonyl (C=O) groups is 1. The summed E-state index contributed by atoms with van der Waals surface area (Å²) in [6.45, 7) is 7.28. The lowest BCUT2D eigenvalue weighted by molar-refractivity contribution is -0.383. The number of fused-ring (bicyclic) bond motifs is 1. The minimum Gasteiger partial charge on any atom is -0.368 e. The van der Waals surface area contributed by atoms with Crippen molar-refractivity contribution in [3.8, 4) is 0 Å². The molecule has 1 aliphatic heterocycles. The standard InChI is InChI=1S/C25H28ClN5O3/c1-3-17-5-6-21(26)18(4-2)25(17)28-24(32)16-29-11-13-30(14-12-29)22-7-8-23(31(33)34)20-15-27-10-9-19(20)22/h5-10,15H,3-4,11-14,16H2,1-2H3,(H,28,32). The Balaban J connectivity index is 1.43. The smallest absolute Gasteiger partial charge is 0.278 e. The van der Waals surface area contributed by atoms with Crippen LogP contribution >= 0.6 is 11.6 Å². The van der Waals surface area contributed by atoms with Crippen LogP contribution in [0.5, 0.6) is 0 Å². The molecule has 8 nitrogen and oxygen atoms in total. The summed E-state index contributed by atoms with van der Waals surface area (Å²) in [5.74, 6) is -0.0491. The predicted octanol–water partition coefficient (Wildman–Crippen LogP) is 4.68. The second kappa shape index (κ2) is 10.4. The number of carbonyl (C=O) groups excluding carboxylic acids is 1. The highest BCUT2D eigenvalue weighted by molar-refractivity contribution is 6.32. The van der Waals surface area contributed by atoms with Gasteiger partial charge >= 0.3 is 0 Å². The fourth-order valence-electron chi connectivity index (χ4n) is 4.59. The molecule has 3 aromatic rings. The molecule has 1 aliphatic rings. The summed E-state index contributed by atoms with van der Waals surface area (Å²) in [4.78, 5) is 32.3. The lowest BCUT2D eigenvalue weighted by Gasteiger charge is -2.36. The van der Waals surface area contributed by atoms with Gasteiger partial charge in [-0.05, 0) is 42.2 Å². The van der Waals surface area contributed by atoms with Crippen LogP contribution < -0.4 is 10.2 Å². The van der Waals surface area contributed by atoms with Gasteiger partial charge in [0.15, 0.2) is 0 Å². The zero-order valence-electron chi connectivity index (χ0n) is 19.4. The Bertz CT molecular complexity index is 1220. The molecule has 0 radical (unpaired) electrons. The SMILES string of the molecule is CCc1ccc(Cl)c(CC)c1NC(=O)CN1CCN(c2ccc([N+](=O)[O-])c3cnccc23)CC1. The average molecular weight is 482 g/mol. The molecular formula is C25H28ClN5O3. The number of nitrogens with zero attached hydrogens (tertiary/aromatic N) is 4. The first-order valence-corrected chi connectivity index (χ1v) is 11.9. The van der Waals surface area contributed by atoms with Gasteiger partial charge in [0.25, 0.3) is 5.69 Å². The monoisotopic (exact) mass is 481 g/mol. The number of nitro benzene ring substituents is 1. The minimum absolute atomic E-state index is 0.0491. The number of pyridine rings is 1. The maximum atomic E-state index is 12.9. The number of nitro groups is 1. The molecule has 0 unspecified atom stereocenters. The average Bonchev–Trinajstić information content (AvgIpc) is 2.84. The van der Waals surface area contributed by atoms with Crippen molar-refractivity contribution in [3.63, 3.8) is 0 Å². The summed E-state index contributed by atoms with van der Waals surface area (Å²) in [7, 11) is 0. The Kier molecular flexibility index (Phi) is 7.29. The zero-order valence-corrected chi connectivity index (χ0v) is 20.1. The number of piperazine rings is 1. The predicted molar refractivity (Wildman–Crippen MR) is 136 cm³/mol. The summed E-state index contributed by atoms with van der Waals surface area (Å²) in [6.07, 6.45) is 4.76. The Morgan fingerprint density at radius 1 is 1.09 bits per heavy atom. The third kappa shape index (κ3) is 4.83. The van der Waals surface area contributed by atoms with Crippen LogP contribution in [0.4, 0.5) is 17.1 Å². The third-order valence-corrected chi connectivity index (χ3v) is 6.74. The fraction of sp³-hybridized carbons (Fsp3) is 0.360. The first kappa shape index (κ1) is 23.9. The highest BCUT2D eigenvalue weighted by Gasteiger charge is 2.23. The number of halogens is 1. The van der Waals surface area contributed by atoms with Gasteiger partial charge in [0.2, 0.25) is 5.91 Å². The van der Waals surface area contributed by atoms with Crippen molar-refractivity contribution < 1.29 is 9.72 Å². The molecule has 4 rings (SSSR count). The van der Waals surface area contributed by atoms with Crippen molar-refractivity contribution in [3.05, 3.63) is 69.0 Å². The van der Waals surface area contributed by atoms with Crippen LogP contribution in [-0.4, -0.2) is 53.4 Å². The van der Waals surface area contributed by atoms with Gasteiger partial charge in [0, 0.05) is 66.4 Å². The Labute approximate surface area is 203 Å². The Morgan fingerprint density at radius 3 is 2.53 bits per heavy atom. The van der Waals surface area contributed by atoms with E-state index in [-0.39, 0.29) is 16.5 Å². The van der Waals surface area contributed by atoms with Crippen molar-refractivity contribution in [1.29, 1.82) is 0 Å². The second-order valence-corrected chi connectivity index (χ2v) is 8.77. The van der Waals surface area contributed by atoms with Gasteiger partial charge in [-0.25, -0.2) is 0 Å². The Hall–Kier alpha value is -3.23. The molecule has 2 aromatic carbocycles. The number of aryl methyl sites for hydroxylation is 1. The third-order valence-electron chi connectivity index (χ3n) is 6.39. The van der Waals surface area contributed by atoms with E-state index in [2.05, 4.69) is 27.0 Å². The molecule has 34 heavy (non-hydrogen) atoms. The topological polar surface area (TPSA) is 91.6 Å². The van der Waals surface area contributed by atoms with E-state index in [1.165, 1.54) is 0 Å². The van der Waals surface area contributed by atoms with Gasteiger partial charge < -0.3 is 10.2 Å². The fourth-order valence-corrected chi connectivity index (χ4v) is 4.88. The molecule has 2 heterocycles. The van der Waals surface area contributed by atoms with E-state index >= 15 is 0 Å². The van der Waals surface area contributed by atoms with Crippen LogP contribution in [0.15, 0.2) is 42.7 Å². The highest BCUT2D eigenvalue weighted by atomic mass is 35.5. The summed E-state index contributed by atoms with van der Waals surface area (Å²) >= 11 is 6.37. The molecule has 0 saturated carbocycles. The molecule has 1 saturated heterocycles. The molecule has 0 aliphatic carbocycles. The number of hydrogen-bond acceptors (Lipinski definition) is 6. The number of benzene rings is 2. The number of aromatic nitrogens is 1. The molecule has 0 spiro atoms. The zero-order chi connectivity index (χ0) is 24.2. The van der Waals surface area contributed by atoms with E-state index in [0.717, 1.165) is 53.8 Å². The molecule has 1 amide bonds. The lowest BCUT2D eigenvalue weighted by Crippen LogP contribution is -2.48. The van der Waals surface area contributed by atoms with Crippen molar-refractivity contribution in [1.82, 2.24) is 9.88 Å². The van der Waals surface area contributed by atoms with E-state index in [4.69, 9.17) is 11.6 Å². The van der Waals surface area contributed by atoms with Gasteiger partial charge in [0.1, 0.15) is 0 Å². The minimum atomic E-state index is -0.377. The maximum absolute atomic E-state index is 12.9. The van der Waals surface area contributed by atoms with Crippen LogP contribution in [0.3, 0.4) is 0 Å². The molecule has 178 valence electrons. The number of anilines is 2. The number of amides is 1. The number of hydrogen-bond donors (Lipinski definition) is 1. The van der Waals surface area contributed by atoms with Crippen LogP contribution in [0.2, 0.25) is 5.02 Å². The molecule has 1 N–H and O–H groups in total. The van der Waals surface area contributed by atoms with Crippen molar-refractivity contribution >= 4 is 45.3 Å². The van der Waals surface area contributed by atoms with Crippen molar-refractivity contribution in [2.75, 3.05) is 42.9 Å². The summed E-state index contributed by atoms with van der Waals surface area (Å²) in [6, 6.07) is 9.03. The van der Waals surface area contributed by atoms with Gasteiger partial charge in [-0.1, -0.05) is 31.5 Å². The van der Waals surface area contributed by atoms with E-state index in [9.17, 15) is 14.9 Å². The van der Waals surface area contributed by atoms with Gasteiger partial charge in [-0.15, -0.1) is 0 Å². The first-order chi connectivity index (χ1) is 16.4. The maximum Gasteiger partial charge on any atom is 0.278 e. The quantitative estimate of drug-likeness (QED) is 0.389. The largest absolute Gasteiger partial charge is 0.368 e. The van der Waals surface area contributed by atoms with Crippen molar-refractivity contribution in [2.45, 2.75) is 26.7 Å². The summed E-state index contributed by atoms with van der Waals surface area (Å²) in [5.41, 5.74) is 3.90. The summed E-state index contributed by atoms with van der Waals surface area (Å²) < 4.78 is 0. The van der Waals surface area contributed by atoms with E-state index in [1.54, 1.807) is 24.5 Å². The van der Waals surface area contributed by atoms with Gasteiger partial charge in [-0.3, -0.25) is 24.8 Å². The number of non-ortho nitro benzene ring substituents is 1. The number of nitrogens with one attached hydrogen (secondary N) is 1. The van der Waals surface area contributed by atoms with Crippen LogP contribution in [0, 0.1) is 10.1 Å². The van der Waals surface area contributed by atoms with Crippen LogP contribution in [-0.2, 0) is 17.6 Å². The normalized spacial score (nSPS) is 14.4. The van der Waals surface area contributed by atoms with Crippen molar-refractivity contribution in [2.24, 2.45) is 0 Å². The molecular weight excluding hydrogens is 454 g/mol. The molecule has 1 aromatic heterocycles. The molecule has 9 heteroatoms. The van der Waals surface area contributed by atoms with E-state index in [0.29, 0.717) is 30.0 Å². The van der Waals surface area contributed by atoms with Crippen LogP contribution in [0.1, 0.15) is 25.0 Å². The highest BCUT2D eigenvalue weighted by Crippen LogP contribution is 2.33. The second-order valence-electron chi connectivity index (χ2n) is 8.36. The summed E-state index contributed by atoms with van der Waals surface area (Å²) in [5, 5.41) is 16.5. The molecule has 1 fully saturated rings.